The number of ether oxygens (including phenoxy) is 1. The molecule has 5 N–H and O–H groups in total. The summed E-state index contributed by atoms with van der Waals surface area (Å²) >= 11 is 0. The Labute approximate surface area is 146 Å². The lowest BCUT2D eigenvalue weighted by molar-refractivity contribution is 0.340. The third-order valence-electron chi connectivity index (χ3n) is 3.98. The highest BCUT2D eigenvalue weighted by Gasteiger charge is 2.26. The first-order valence-electron chi connectivity index (χ1n) is 7.92. The molecule has 6 heteroatoms. The molecule has 0 saturated heterocycles. The summed E-state index contributed by atoms with van der Waals surface area (Å²) in [6.45, 7) is 2.42. The minimum atomic E-state index is -1.24. The van der Waals surface area contributed by atoms with Crippen LogP contribution in [0, 0.1) is 0 Å². The number of aromatic hydroxyl groups is 1. The van der Waals surface area contributed by atoms with Crippen molar-refractivity contribution >= 4 is 0 Å². The number of hydrogen-bond acceptors (Lipinski definition) is 6. The van der Waals surface area contributed by atoms with Crippen LogP contribution in [0.15, 0.2) is 61.2 Å². The van der Waals surface area contributed by atoms with Crippen LogP contribution >= 0.6 is 0 Å². The van der Waals surface area contributed by atoms with E-state index in [2.05, 4.69) is 9.97 Å². The molecule has 0 aliphatic carbocycles. The van der Waals surface area contributed by atoms with Gasteiger partial charge in [0.05, 0.1) is 6.61 Å². The van der Waals surface area contributed by atoms with Crippen molar-refractivity contribution in [3.05, 3.63) is 72.3 Å². The Balaban J connectivity index is 2.06. The first kappa shape index (κ1) is 16.9. The van der Waals surface area contributed by atoms with Gasteiger partial charge in [-0.15, -0.1) is 0 Å². The van der Waals surface area contributed by atoms with Crippen molar-refractivity contribution in [3.8, 4) is 22.6 Å². The molecule has 0 fully saturated rings. The average Bonchev–Trinajstić information content (AvgIpc) is 2.63. The fourth-order valence-electron chi connectivity index (χ4n) is 2.61. The Kier molecular flexibility index (Phi) is 4.65. The molecule has 3 rings (SSSR count). The quantitative estimate of drug-likeness (QED) is 0.617. The molecule has 0 unspecified atom stereocenters. The Bertz CT molecular complexity index is 849. The van der Waals surface area contributed by atoms with Crippen LogP contribution in [0.1, 0.15) is 18.1 Å². The van der Waals surface area contributed by atoms with E-state index < -0.39 is 5.66 Å². The summed E-state index contributed by atoms with van der Waals surface area (Å²) in [5, 5.41) is 9.48. The molecule has 0 bridgehead atoms. The van der Waals surface area contributed by atoms with Crippen molar-refractivity contribution in [2.24, 2.45) is 11.5 Å². The maximum Gasteiger partial charge on any atom is 0.127 e. The van der Waals surface area contributed by atoms with Gasteiger partial charge >= 0.3 is 0 Å². The van der Waals surface area contributed by atoms with Gasteiger partial charge in [0, 0.05) is 23.5 Å². The maximum atomic E-state index is 9.48. The highest BCUT2D eigenvalue weighted by molar-refractivity contribution is 5.72. The summed E-state index contributed by atoms with van der Waals surface area (Å²) in [4.78, 5) is 7.97. The minimum Gasteiger partial charge on any atom is -0.508 e. The van der Waals surface area contributed by atoms with Gasteiger partial charge in [0.2, 0.25) is 0 Å². The van der Waals surface area contributed by atoms with E-state index >= 15 is 0 Å². The summed E-state index contributed by atoms with van der Waals surface area (Å²) in [6, 6.07) is 12.5. The zero-order valence-electron chi connectivity index (χ0n) is 13.9. The van der Waals surface area contributed by atoms with Crippen molar-refractivity contribution in [1.29, 1.82) is 0 Å². The number of phenols is 1. The van der Waals surface area contributed by atoms with Crippen molar-refractivity contribution in [3.63, 3.8) is 0 Å². The van der Waals surface area contributed by atoms with Gasteiger partial charge in [0.25, 0.3) is 0 Å². The van der Waals surface area contributed by atoms with Crippen LogP contribution in [0.3, 0.4) is 0 Å². The second-order valence-corrected chi connectivity index (χ2v) is 5.69. The molecule has 3 aromatic rings. The van der Waals surface area contributed by atoms with Gasteiger partial charge < -0.3 is 21.3 Å². The summed E-state index contributed by atoms with van der Waals surface area (Å²) in [6.07, 6.45) is 4.63. The summed E-state index contributed by atoms with van der Waals surface area (Å²) in [5.74, 6) is 0.883. The zero-order valence-corrected chi connectivity index (χ0v) is 13.9. The number of phenolic OH excluding ortho intramolecular Hbond substituents is 1. The number of hydrogen-bond donors (Lipinski definition) is 3. The number of nitrogens with two attached hydrogens (primary N) is 2. The van der Waals surface area contributed by atoms with Crippen LogP contribution in [0.5, 0.6) is 11.5 Å². The predicted molar refractivity (Wildman–Crippen MR) is 95.9 cm³/mol. The van der Waals surface area contributed by atoms with Gasteiger partial charge in [-0.25, -0.2) is 9.97 Å². The molecule has 128 valence electrons. The zero-order chi connectivity index (χ0) is 17.9. The maximum absolute atomic E-state index is 9.48. The normalized spacial score (nSPS) is 11.3. The van der Waals surface area contributed by atoms with E-state index in [1.165, 1.54) is 6.33 Å². The summed E-state index contributed by atoms with van der Waals surface area (Å²) < 4.78 is 5.79. The smallest absolute Gasteiger partial charge is 0.127 e. The number of nitrogens with zero attached hydrogens (tertiary/aromatic N) is 2. The number of benzene rings is 2. The number of rotatable bonds is 5. The monoisotopic (exact) mass is 336 g/mol. The molecule has 1 heterocycles. The van der Waals surface area contributed by atoms with Gasteiger partial charge in [-0.1, -0.05) is 24.3 Å². The lowest BCUT2D eigenvalue weighted by atomic mass is 9.92. The molecule has 0 radical (unpaired) electrons. The summed E-state index contributed by atoms with van der Waals surface area (Å²) in [7, 11) is 0. The Morgan fingerprint density at radius 3 is 2.32 bits per heavy atom. The third kappa shape index (κ3) is 3.45. The lowest BCUT2D eigenvalue weighted by Crippen LogP contribution is -2.47. The molecule has 0 aliphatic heterocycles. The first-order chi connectivity index (χ1) is 12.0. The molecule has 0 saturated carbocycles. The van der Waals surface area contributed by atoms with Crippen LogP contribution in [0.2, 0.25) is 0 Å². The van der Waals surface area contributed by atoms with Crippen LogP contribution in [0.25, 0.3) is 11.1 Å². The predicted octanol–water partition coefficient (Wildman–Crippen LogP) is 2.37. The molecule has 2 aromatic carbocycles. The van der Waals surface area contributed by atoms with Crippen molar-refractivity contribution in [2.45, 2.75) is 12.6 Å². The van der Waals surface area contributed by atoms with Crippen LogP contribution in [-0.2, 0) is 5.66 Å². The second-order valence-electron chi connectivity index (χ2n) is 5.69. The largest absolute Gasteiger partial charge is 0.508 e. The number of aromatic nitrogens is 2. The van der Waals surface area contributed by atoms with E-state index in [9.17, 15) is 5.11 Å². The van der Waals surface area contributed by atoms with Crippen LogP contribution in [-0.4, -0.2) is 21.7 Å². The highest BCUT2D eigenvalue weighted by atomic mass is 16.5. The van der Waals surface area contributed by atoms with E-state index in [-0.39, 0.29) is 5.75 Å². The topological polar surface area (TPSA) is 107 Å². The Morgan fingerprint density at radius 1 is 1.00 bits per heavy atom. The van der Waals surface area contributed by atoms with Gasteiger partial charge in [-0.05, 0) is 36.2 Å². The fourth-order valence-corrected chi connectivity index (χ4v) is 2.61. The van der Waals surface area contributed by atoms with E-state index in [1.54, 1.807) is 24.5 Å². The molecular formula is C19H20N4O2. The molecule has 25 heavy (non-hydrogen) atoms. The van der Waals surface area contributed by atoms with E-state index in [1.807, 2.05) is 37.3 Å². The highest BCUT2D eigenvalue weighted by Crippen LogP contribution is 2.34. The van der Waals surface area contributed by atoms with E-state index in [0.29, 0.717) is 23.5 Å². The lowest BCUT2D eigenvalue weighted by Gasteiger charge is -2.26. The fraction of sp³-hybridized carbons (Fsp3) is 0.158. The molecule has 0 atom stereocenters. The third-order valence-corrected chi connectivity index (χ3v) is 3.98. The van der Waals surface area contributed by atoms with Crippen molar-refractivity contribution < 1.29 is 9.84 Å². The Morgan fingerprint density at radius 2 is 1.68 bits per heavy atom. The van der Waals surface area contributed by atoms with Crippen LogP contribution < -0.4 is 16.2 Å². The van der Waals surface area contributed by atoms with Gasteiger partial charge in [-0.2, -0.15) is 0 Å². The average molecular weight is 336 g/mol. The molecule has 0 aliphatic rings. The molecular weight excluding hydrogens is 316 g/mol. The van der Waals surface area contributed by atoms with Crippen molar-refractivity contribution in [2.75, 3.05) is 6.61 Å². The van der Waals surface area contributed by atoms with Crippen molar-refractivity contribution in [1.82, 2.24) is 9.97 Å². The minimum absolute atomic E-state index is 0.213. The molecule has 0 spiro atoms. The van der Waals surface area contributed by atoms with Gasteiger partial charge in [0.1, 0.15) is 23.5 Å². The SMILES string of the molecule is CCOc1cc(C(N)(N)c2cncnc2)ccc1-c1ccc(O)cc1. The standard InChI is InChI=1S/C19H20N4O2/c1-2-25-18-9-14(19(20,21)15-10-22-12-23-11-15)5-8-17(18)13-3-6-16(24)7-4-13/h3-12,24H,2,20-21H2,1H3. The molecule has 1 aromatic heterocycles. The second kappa shape index (κ2) is 6.88. The van der Waals surface area contributed by atoms with E-state index in [4.69, 9.17) is 16.2 Å². The molecule has 0 amide bonds. The Hall–Kier alpha value is -2.96. The van der Waals surface area contributed by atoms with Gasteiger partial charge in [0.15, 0.2) is 0 Å². The molecule has 6 nitrogen and oxygen atoms in total. The van der Waals surface area contributed by atoms with Gasteiger partial charge in [-0.3, -0.25) is 0 Å². The van der Waals surface area contributed by atoms with E-state index in [0.717, 1.165) is 11.1 Å². The van der Waals surface area contributed by atoms with Crippen LogP contribution in [0.4, 0.5) is 0 Å². The summed E-state index contributed by atoms with van der Waals surface area (Å²) in [5.41, 5.74) is 14.6. The first-order valence-corrected chi connectivity index (χ1v) is 7.92.